The molecule has 0 atom stereocenters. The second kappa shape index (κ2) is 4.40. The Hall–Kier alpha value is -1.50. The van der Waals surface area contributed by atoms with Crippen molar-refractivity contribution in [3.63, 3.8) is 0 Å². The van der Waals surface area contributed by atoms with Gasteiger partial charge in [-0.3, -0.25) is 0 Å². The van der Waals surface area contributed by atoms with Crippen LogP contribution in [0.5, 0.6) is 0 Å². The SMILES string of the molecule is Cc1ccc(C(C)(C)C2=CCCC=C2)cc1N. The zero-order chi connectivity index (χ0) is 12.5. The normalized spacial score (nSPS) is 15.8. The molecule has 17 heavy (non-hydrogen) atoms. The molecule has 0 aromatic heterocycles. The molecule has 2 rings (SSSR count). The number of nitrogens with two attached hydrogens (primary N) is 1. The van der Waals surface area contributed by atoms with Crippen molar-refractivity contribution in [2.45, 2.75) is 39.0 Å². The Morgan fingerprint density at radius 3 is 2.53 bits per heavy atom. The molecule has 0 aliphatic heterocycles. The van der Waals surface area contributed by atoms with Crippen LogP contribution >= 0.6 is 0 Å². The van der Waals surface area contributed by atoms with E-state index in [4.69, 9.17) is 5.73 Å². The molecular weight excluding hydrogens is 206 g/mol. The summed E-state index contributed by atoms with van der Waals surface area (Å²) in [6.45, 7) is 6.57. The number of hydrogen-bond donors (Lipinski definition) is 1. The van der Waals surface area contributed by atoms with Crippen LogP contribution in [-0.4, -0.2) is 0 Å². The van der Waals surface area contributed by atoms with Crippen molar-refractivity contribution < 1.29 is 0 Å². The molecule has 0 saturated heterocycles. The highest BCUT2D eigenvalue weighted by molar-refractivity contribution is 5.52. The quantitative estimate of drug-likeness (QED) is 0.755. The summed E-state index contributed by atoms with van der Waals surface area (Å²) in [6, 6.07) is 6.41. The minimum atomic E-state index is 0.0404. The van der Waals surface area contributed by atoms with Gasteiger partial charge in [0.15, 0.2) is 0 Å². The van der Waals surface area contributed by atoms with Gasteiger partial charge in [-0.1, -0.05) is 44.2 Å². The van der Waals surface area contributed by atoms with E-state index in [1.807, 2.05) is 6.92 Å². The van der Waals surface area contributed by atoms with Crippen LogP contribution < -0.4 is 5.73 Å². The van der Waals surface area contributed by atoms with Crippen LogP contribution in [0.3, 0.4) is 0 Å². The van der Waals surface area contributed by atoms with Crippen molar-refractivity contribution in [2.24, 2.45) is 0 Å². The third-order valence-electron chi connectivity index (χ3n) is 3.72. The van der Waals surface area contributed by atoms with E-state index in [0.29, 0.717) is 0 Å². The van der Waals surface area contributed by atoms with Gasteiger partial charge in [-0.2, -0.15) is 0 Å². The summed E-state index contributed by atoms with van der Waals surface area (Å²) in [5, 5.41) is 0. The lowest BCUT2D eigenvalue weighted by atomic mass is 9.75. The predicted octanol–water partition coefficient (Wildman–Crippen LogP) is 4.13. The molecule has 1 aliphatic carbocycles. The largest absolute Gasteiger partial charge is 0.399 e. The minimum absolute atomic E-state index is 0.0404. The summed E-state index contributed by atoms with van der Waals surface area (Å²) < 4.78 is 0. The Kier molecular flexibility index (Phi) is 3.10. The third kappa shape index (κ3) is 2.28. The fourth-order valence-electron chi connectivity index (χ4n) is 2.27. The molecule has 1 heteroatoms. The molecule has 2 N–H and O–H groups in total. The molecule has 0 bridgehead atoms. The van der Waals surface area contributed by atoms with Gasteiger partial charge in [-0.15, -0.1) is 0 Å². The maximum Gasteiger partial charge on any atom is 0.0346 e. The van der Waals surface area contributed by atoms with Crippen molar-refractivity contribution in [1.82, 2.24) is 0 Å². The van der Waals surface area contributed by atoms with Gasteiger partial charge >= 0.3 is 0 Å². The minimum Gasteiger partial charge on any atom is -0.399 e. The molecule has 0 unspecified atom stereocenters. The van der Waals surface area contributed by atoms with Crippen LogP contribution in [-0.2, 0) is 5.41 Å². The van der Waals surface area contributed by atoms with E-state index in [-0.39, 0.29) is 5.41 Å². The molecule has 90 valence electrons. The molecule has 1 nitrogen and oxygen atoms in total. The average molecular weight is 227 g/mol. The topological polar surface area (TPSA) is 26.0 Å². The van der Waals surface area contributed by atoms with E-state index < -0.39 is 0 Å². The number of anilines is 1. The van der Waals surface area contributed by atoms with Crippen molar-refractivity contribution in [1.29, 1.82) is 0 Å². The average Bonchev–Trinajstić information content (AvgIpc) is 2.33. The van der Waals surface area contributed by atoms with Crippen LogP contribution in [0.25, 0.3) is 0 Å². The standard InChI is InChI=1S/C16H21N/c1-12-9-10-14(11-15(12)17)16(2,3)13-7-5-4-6-8-13/h5,7-11H,4,6,17H2,1-3H3. The Bertz CT molecular complexity index is 478. The number of rotatable bonds is 2. The zero-order valence-electron chi connectivity index (χ0n) is 11.0. The first-order valence-electron chi connectivity index (χ1n) is 6.25. The lowest BCUT2D eigenvalue weighted by Gasteiger charge is -2.29. The molecule has 1 aromatic carbocycles. The van der Waals surface area contributed by atoms with Gasteiger partial charge in [-0.25, -0.2) is 0 Å². The predicted molar refractivity (Wildman–Crippen MR) is 75.1 cm³/mol. The third-order valence-corrected chi connectivity index (χ3v) is 3.72. The second-order valence-corrected chi connectivity index (χ2v) is 5.34. The van der Waals surface area contributed by atoms with Gasteiger partial charge in [-0.05, 0) is 42.5 Å². The Morgan fingerprint density at radius 2 is 1.94 bits per heavy atom. The van der Waals surface area contributed by atoms with E-state index in [1.165, 1.54) is 11.1 Å². The molecule has 1 aromatic rings. The van der Waals surface area contributed by atoms with Gasteiger partial charge in [0.05, 0.1) is 0 Å². The van der Waals surface area contributed by atoms with Crippen LogP contribution in [0.15, 0.2) is 42.0 Å². The highest BCUT2D eigenvalue weighted by Gasteiger charge is 2.24. The maximum atomic E-state index is 6.01. The van der Waals surface area contributed by atoms with Crippen molar-refractivity contribution in [3.8, 4) is 0 Å². The molecule has 0 heterocycles. The fraction of sp³-hybridized carbons (Fsp3) is 0.375. The van der Waals surface area contributed by atoms with Crippen LogP contribution in [0.4, 0.5) is 5.69 Å². The monoisotopic (exact) mass is 227 g/mol. The number of nitrogen functional groups attached to an aromatic ring is 1. The van der Waals surface area contributed by atoms with E-state index in [0.717, 1.165) is 24.1 Å². The van der Waals surface area contributed by atoms with E-state index in [2.05, 4.69) is 50.3 Å². The number of benzene rings is 1. The smallest absolute Gasteiger partial charge is 0.0346 e. The van der Waals surface area contributed by atoms with E-state index in [9.17, 15) is 0 Å². The Balaban J connectivity index is 2.40. The van der Waals surface area contributed by atoms with Gasteiger partial charge in [0.1, 0.15) is 0 Å². The Morgan fingerprint density at radius 1 is 1.18 bits per heavy atom. The zero-order valence-corrected chi connectivity index (χ0v) is 11.0. The number of hydrogen-bond acceptors (Lipinski definition) is 1. The lowest BCUT2D eigenvalue weighted by Crippen LogP contribution is -2.20. The van der Waals surface area contributed by atoms with Gasteiger partial charge < -0.3 is 5.73 Å². The van der Waals surface area contributed by atoms with Crippen LogP contribution in [0.2, 0.25) is 0 Å². The summed E-state index contributed by atoms with van der Waals surface area (Å²) >= 11 is 0. The summed E-state index contributed by atoms with van der Waals surface area (Å²) in [7, 11) is 0. The van der Waals surface area contributed by atoms with Gasteiger partial charge in [0.25, 0.3) is 0 Å². The molecule has 0 radical (unpaired) electrons. The highest BCUT2D eigenvalue weighted by Crippen LogP contribution is 2.35. The first-order chi connectivity index (χ1) is 8.01. The van der Waals surface area contributed by atoms with Gasteiger partial charge in [0, 0.05) is 11.1 Å². The second-order valence-electron chi connectivity index (χ2n) is 5.34. The number of allylic oxidation sites excluding steroid dienone is 4. The molecule has 0 fully saturated rings. The summed E-state index contributed by atoms with van der Waals surface area (Å²) in [5.41, 5.74) is 10.8. The summed E-state index contributed by atoms with van der Waals surface area (Å²) in [6.07, 6.45) is 9.16. The molecule has 1 aliphatic rings. The molecule has 0 amide bonds. The van der Waals surface area contributed by atoms with E-state index >= 15 is 0 Å². The van der Waals surface area contributed by atoms with Crippen LogP contribution in [0.1, 0.15) is 37.8 Å². The lowest BCUT2D eigenvalue weighted by molar-refractivity contribution is 0.631. The highest BCUT2D eigenvalue weighted by atomic mass is 14.6. The van der Waals surface area contributed by atoms with Crippen molar-refractivity contribution in [2.75, 3.05) is 5.73 Å². The maximum absolute atomic E-state index is 6.01. The first-order valence-corrected chi connectivity index (χ1v) is 6.25. The van der Waals surface area contributed by atoms with E-state index in [1.54, 1.807) is 0 Å². The Labute approximate surface area is 104 Å². The summed E-state index contributed by atoms with van der Waals surface area (Å²) in [4.78, 5) is 0. The van der Waals surface area contributed by atoms with Crippen LogP contribution in [0, 0.1) is 6.92 Å². The van der Waals surface area contributed by atoms with Crippen molar-refractivity contribution >= 4 is 5.69 Å². The van der Waals surface area contributed by atoms with Crippen molar-refractivity contribution in [3.05, 3.63) is 53.1 Å². The molecule has 0 spiro atoms. The molecular formula is C16H21N. The number of aryl methyl sites for hydroxylation is 1. The fourth-order valence-corrected chi connectivity index (χ4v) is 2.27. The van der Waals surface area contributed by atoms with Gasteiger partial charge in [0.2, 0.25) is 0 Å². The molecule has 0 saturated carbocycles. The summed E-state index contributed by atoms with van der Waals surface area (Å²) in [5.74, 6) is 0. The first kappa shape index (κ1) is 12.0.